The van der Waals surface area contributed by atoms with Gasteiger partial charge in [-0.3, -0.25) is 0 Å². The number of aryl methyl sites for hydroxylation is 3. The lowest BCUT2D eigenvalue weighted by Gasteiger charge is -2.13. The van der Waals surface area contributed by atoms with Crippen molar-refractivity contribution >= 4 is 0 Å². The van der Waals surface area contributed by atoms with Crippen LogP contribution in [0.5, 0.6) is 5.75 Å². The van der Waals surface area contributed by atoms with Crippen LogP contribution in [0.25, 0.3) is 0 Å². The van der Waals surface area contributed by atoms with E-state index in [9.17, 15) is 0 Å². The zero-order valence-corrected chi connectivity index (χ0v) is 12.8. The van der Waals surface area contributed by atoms with Crippen molar-refractivity contribution in [1.82, 2.24) is 0 Å². The Bertz CT molecular complexity index is 565. The molecular weight excluding hydrogens is 256 g/mol. The summed E-state index contributed by atoms with van der Waals surface area (Å²) in [5, 5.41) is 0. The fraction of sp³-hybridized carbons (Fsp3) is 0.400. The van der Waals surface area contributed by atoms with E-state index < -0.39 is 0 Å². The van der Waals surface area contributed by atoms with Crippen molar-refractivity contribution < 1.29 is 4.74 Å². The first-order chi connectivity index (χ1) is 10.3. The van der Waals surface area contributed by atoms with Crippen LogP contribution < -0.4 is 4.74 Å². The molecule has 0 heterocycles. The quantitative estimate of drug-likeness (QED) is 0.740. The van der Waals surface area contributed by atoms with E-state index in [1.165, 1.54) is 42.4 Å². The van der Waals surface area contributed by atoms with Crippen LogP contribution in [0.1, 0.15) is 42.4 Å². The van der Waals surface area contributed by atoms with Gasteiger partial charge in [0.1, 0.15) is 5.75 Å². The molecule has 1 aliphatic carbocycles. The van der Waals surface area contributed by atoms with Crippen molar-refractivity contribution in [1.29, 1.82) is 0 Å². The van der Waals surface area contributed by atoms with Gasteiger partial charge in [0, 0.05) is 0 Å². The van der Waals surface area contributed by atoms with Crippen LogP contribution in [0.4, 0.5) is 0 Å². The van der Waals surface area contributed by atoms with Gasteiger partial charge in [0.15, 0.2) is 0 Å². The molecule has 3 rings (SSSR count). The lowest BCUT2D eigenvalue weighted by Crippen LogP contribution is -2.10. The Kier molecular flexibility index (Phi) is 4.59. The number of hydrogen-bond acceptors (Lipinski definition) is 1. The third-order valence-electron chi connectivity index (χ3n) is 4.33. The summed E-state index contributed by atoms with van der Waals surface area (Å²) in [5.41, 5.74) is 4.10. The average molecular weight is 280 g/mol. The highest BCUT2D eigenvalue weighted by atomic mass is 16.5. The summed E-state index contributed by atoms with van der Waals surface area (Å²) in [4.78, 5) is 0. The Morgan fingerprint density at radius 1 is 0.905 bits per heavy atom. The lowest BCUT2D eigenvalue weighted by molar-refractivity contribution is 0.210. The van der Waals surface area contributed by atoms with E-state index in [2.05, 4.69) is 55.5 Å². The summed E-state index contributed by atoms with van der Waals surface area (Å²) in [6.45, 7) is 2.13. The van der Waals surface area contributed by atoms with Crippen LogP contribution >= 0.6 is 0 Å². The van der Waals surface area contributed by atoms with Crippen LogP contribution in [0.3, 0.4) is 0 Å². The molecule has 1 saturated carbocycles. The van der Waals surface area contributed by atoms with Crippen LogP contribution in [0.15, 0.2) is 48.5 Å². The molecule has 110 valence electrons. The molecule has 0 saturated heterocycles. The molecule has 0 bridgehead atoms. The van der Waals surface area contributed by atoms with Crippen molar-refractivity contribution in [2.75, 3.05) is 0 Å². The van der Waals surface area contributed by atoms with Gasteiger partial charge < -0.3 is 4.74 Å². The Balaban J connectivity index is 1.58. The second-order valence-corrected chi connectivity index (χ2v) is 6.16. The maximum atomic E-state index is 6.08. The zero-order chi connectivity index (χ0) is 14.5. The minimum absolute atomic E-state index is 0.442. The maximum absolute atomic E-state index is 6.08. The maximum Gasteiger partial charge on any atom is 0.119 e. The van der Waals surface area contributed by atoms with Gasteiger partial charge in [0.05, 0.1) is 6.10 Å². The average Bonchev–Trinajstić information content (AvgIpc) is 3.00. The third kappa shape index (κ3) is 4.10. The second kappa shape index (κ2) is 6.80. The molecule has 1 aliphatic rings. The lowest BCUT2D eigenvalue weighted by atomic mass is 10.0. The normalized spacial score (nSPS) is 15.3. The fourth-order valence-electron chi connectivity index (χ4n) is 3.02. The van der Waals surface area contributed by atoms with Gasteiger partial charge in [-0.1, -0.05) is 42.0 Å². The number of rotatable bonds is 5. The van der Waals surface area contributed by atoms with E-state index in [0.29, 0.717) is 6.10 Å². The van der Waals surface area contributed by atoms with Crippen molar-refractivity contribution in [3.8, 4) is 5.75 Å². The van der Waals surface area contributed by atoms with Crippen LogP contribution in [0.2, 0.25) is 0 Å². The van der Waals surface area contributed by atoms with Crippen molar-refractivity contribution in [3.63, 3.8) is 0 Å². The van der Waals surface area contributed by atoms with E-state index in [1.54, 1.807) is 0 Å². The number of ether oxygens (including phenoxy) is 1. The van der Waals surface area contributed by atoms with Crippen LogP contribution in [-0.4, -0.2) is 6.10 Å². The summed E-state index contributed by atoms with van der Waals surface area (Å²) >= 11 is 0. The Labute approximate surface area is 128 Å². The minimum atomic E-state index is 0.442. The molecule has 0 N–H and O–H groups in total. The van der Waals surface area contributed by atoms with E-state index in [-0.39, 0.29) is 0 Å². The van der Waals surface area contributed by atoms with Crippen molar-refractivity contribution in [2.45, 2.75) is 51.6 Å². The molecule has 0 unspecified atom stereocenters. The van der Waals surface area contributed by atoms with Crippen molar-refractivity contribution in [2.24, 2.45) is 0 Å². The second-order valence-electron chi connectivity index (χ2n) is 6.16. The van der Waals surface area contributed by atoms with Gasteiger partial charge in [0.2, 0.25) is 0 Å². The minimum Gasteiger partial charge on any atom is -0.490 e. The summed E-state index contributed by atoms with van der Waals surface area (Å²) in [6.07, 6.45) is 7.67. The van der Waals surface area contributed by atoms with Crippen molar-refractivity contribution in [3.05, 3.63) is 65.2 Å². The molecule has 0 radical (unpaired) electrons. The summed E-state index contributed by atoms with van der Waals surface area (Å²) < 4.78 is 6.08. The standard InChI is InChI=1S/C20H24O/c1-16-9-11-17(12-10-16)13-14-18-5-4-8-20(15-18)21-19-6-2-3-7-19/h4-5,8-12,15,19H,2-3,6-7,13-14H2,1H3. The number of benzene rings is 2. The largest absolute Gasteiger partial charge is 0.490 e. The molecule has 21 heavy (non-hydrogen) atoms. The van der Waals surface area contributed by atoms with Gasteiger partial charge in [-0.05, 0) is 68.7 Å². The first-order valence-corrected chi connectivity index (χ1v) is 8.11. The summed E-state index contributed by atoms with van der Waals surface area (Å²) in [7, 11) is 0. The molecule has 1 fully saturated rings. The predicted octanol–water partition coefficient (Wildman–Crippen LogP) is 5.10. The van der Waals surface area contributed by atoms with Gasteiger partial charge in [0.25, 0.3) is 0 Å². The number of hydrogen-bond donors (Lipinski definition) is 0. The Morgan fingerprint density at radius 3 is 2.38 bits per heavy atom. The molecule has 1 nitrogen and oxygen atoms in total. The predicted molar refractivity (Wildman–Crippen MR) is 87.9 cm³/mol. The fourth-order valence-corrected chi connectivity index (χ4v) is 3.02. The van der Waals surface area contributed by atoms with Crippen LogP contribution in [-0.2, 0) is 12.8 Å². The van der Waals surface area contributed by atoms with E-state index in [1.807, 2.05) is 0 Å². The monoisotopic (exact) mass is 280 g/mol. The summed E-state index contributed by atoms with van der Waals surface area (Å²) in [6, 6.07) is 17.5. The molecule has 0 aliphatic heterocycles. The molecule has 0 amide bonds. The van der Waals surface area contributed by atoms with E-state index in [4.69, 9.17) is 4.74 Å². The first kappa shape index (κ1) is 14.2. The van der Waals surface area contributed by atoms with Crippen LogP contribution in [0, 0.1) is 6.92 Å². The smallest absolute Gasteiger partial charge is 0.119 e. The highest BCUT2D eigenvalue weighted by Crippen LogP contribution is 2.24. The van der Waals surface area contributed by atoms with Gasteiger partial charge >= 0.3 is 0 Å². The van der Waals surface area contributed by atoms with E-state index in [0.717, 1.165) is 18.6 Å². The van der Waals surface area contributed by atoms with Gasteiger partial charge in [-0.25, -0.2) is 0 Å². The zero-order valence-electron chi connectivity index (χ0n) is 12.8. The first-order valence-electron chi connectivity index (χ1n) is 8.11. The third-order valence-corrected chi connectivity index (χ3v) is 4.33. The molecule has 2 aromatic rings. The molecule has 2 aromatic carbocycles. The molecule has 1 heteroatoms. The highest BCUT2D eigenvalue weighted by Gasteiger charge is 2.16. The molecule has 0 spiro atoms. The molecule has 0 aromatic heterocycles. The Morgan fingerprint density at radius 2 is 1.62 bits per heavy atom. The van der Waals surface area contributed by atoms with Gasteiger partial charge in [-0.15, -0.1) is 0 Å². The molecular formula is C20H24O. The highest BCUT2D eigenvalue weighted by molar-refractivity contribution is 5.30. The van der Waals surface area contributed by atoms with Gasteiger partial charge in [-0.2, -0.15) is 0 Å². The SMILES string of the molecule is Cc1ccc(CCc2cccc(OC3CCCC3)c2)cc1. The molecule has 0 atom stereocenters. The Hall–Kier alpha value is -1.76. The van der Waals surface area contributed by atoms with E-state index >= 15 is 0 Å². The topological polar surface area (TPSA) is 9.23 Å². The summed E-state index contributed by atoms with van der Waals surface area (Å²) in [5.74, 6) is 1.04.